The molecule has 2 N–H and O–H groups in total. The topological polar surface area (TPSA) is 58.2 Å². The number of amides is 1. The van der Waals surface area contributed by atoms with Crippen molar-refractivity contribution in [1.29, 1.82) is 0 Å². The molecule has 21 heavy (non-hydrogen) atoms. The van der Waals surface area contributed by atoms with Gasteiger partial charge in [0.25, 0.3) is 0 Å². The number of hydrogen-bond acceptors (Lipinski definition) is 2. The van der Waals surface area contributed by atoms with Crippen LogP contribution in [0.15, 0.2) is 22.7 Å². The van der Waals surface area contributed by atoms with Gasteiger partial charge in [-0.15, -0.1) is 0 Å². The number of hydrogen-bond donors (Lipinski definition) is 2. The van der Waals surface area contributed by atoms with Gasteiger partial charge in [-0.1, -0.05) is 12.1 Å². The number of carbonyl (C=O) groups is 1. The molecule has 1 unspecified atom stereocenters. The minimum Gasteiger partial charge on any atom is -0.324 e. The van der Waals surface area contributed by atoms with E-state index in [1.54, 1.807) is 0 Å². The molecule has 0 radical (unpaired) electrons. The molecule has 0 aromatic heterocycles. The molecule has 1 aromatic rings. The van der Waals surface area contributed by atoms with Crippen molar-refractivity contribution in [3.05, 3.63) is 28.2 Å². The second-order valence-electron chi connectivity index (χ2n) is 6.81. The molecule has 0 aliphatic carbocycles. The molecule has 1 aromatic carbocycles. The van der Waals surface area contributed by atoms with Crippen molar-refractivity contribution < 1.29 is 9.00 Å². The smallest absolute Gasteiger partial charge is 0.232 e. The van der Waals surface area contributed by atoms with Crippen LogP contribution in [0.4, 0.5) is 5.69 Å². The lowest BCUT2D eigenvalue weighted by Crippen LogP contribution is -2.49. The third-order valence-corrected chi connectivity index (χ3v) is 5.91. The van der Waals surface area contributed by atoms with Crippen molar-refractivity contribution >= 4 is 38.5 Å². The molecule has 0 saturated carbocycles. The van der Waals surface area contributed by atoms with E-state index >= 15 is 0 Å². The molecular formula is C15H21BrN2O2S. The molecule has 0 saturated heterocycles. The molecule has 0 bridgehead atoms. The zero-order chi connectivity index (χ0) is 16.0. The fourth-order valence-electron chi connectivity index (χ4n) is 2.20. The highest BCUT2D eigenvalue weighted by Crippen LogP contribution is 2.45. The average molecular weight is 373 g/mol. The number of para-hydroxylation sites is 1. The number of nitrogens with one attached hydrogen (secondary N) is 2. The van der Waals surface area contributed by atoms with Gasteiger partial charge >= 0.3 is 0 Å². The van der Waals surface area contributed by atoms with Gasteiger partial charge in [0.05, 0.1) is 32.9 Å². The van der Waals surface area contributed by atoms with Crippen LogP contribution in [0, 0.1) is 5.41 Å². The Balaban J connectivity index is 2.49. The summed E-state index contributed by atoms with van der Waals surface area (Å²) in [4.78, 5) is 12.4. The summed E-state index contributed by atoms with van der Waals surface area (Å²) in [5, 5.41) is 2.94. The predicted molar refractivity (Wildman–Crippen MR) is 90.3 cm³/mol. The van der Waals surface area contributed by atoms with E-state index in [9.17, 15) is 9.00 Å². The molecule has 2 rings (SSSR count). The Labute approximate surface area is 136 Å². The summed E-state index contributed by atoms with van der Waals surface area (Å²) in [5.74, 6) is -0.0784. The lowest BCUT2D eigenvalue weighted by atomic mass is 9.77. The van der Waals surface area contributed by atoms with Crippen molar-refractivity contribution in [3.8, 4) is 0 Å². The Morgan fingerprint density at radius 2 is 1.95 bits per heavy atom. The summed E-state index contributed by atoms with van der Waals surface area (Å²) in [7, 11) is -1.26. The first kappa shape index (κ1) is 16.6. The summed E-state index contributed by atoms with van der Waals surface area (Å²) < 4.78 is 16.1. The molecule has 1 amide bonds. The van der Waals surface area contributed by atoms with E-state index in [2.05, 4.69) is 26.0 Å². The Hall–Kier alpha value is -0.720. The van der Waals surface area contributed by atoms with Gasteiger partial charge in [0.2, 0.25) is 5.91 Å². The molecule has 0 spiro atoms. The van der Waals surface area contributed by atoms with Gasteiger partial charge < -0.3 is 5.32 Å². The van der Waals surface area contributed by atoms with Crippen LogP contribution < -0.4 is 10.0 Å². The minimum atomic E-state index is -1.26. The second kappa shape index (κ2) is 5.48. The van der Waals surface area contributed by atoms with Gasteiger partial charge in [-0.2, -0.15) is 0 Å². The maximum Gasteiger partial charge on any atom is 0.232 e. The first-order valence-corrected chi connectivity index (χ1v) is 8.77. The molecule has 0 fully saturated rings. The molecule has 6 heteroatoms. The second-order valence-corrected chi connectivity index (χ2v) is 9.66. The van der Waals surface area contributed by atoms with E-state index in [-0.39, 0.29) is 11.9 Å². The van der Waals surface area contributed by atoms with Crippen LogP contribution in [-0.4, -0.2) is 14.9 Å². The van der Waals surface area contributed by atoms with Gasteiger partial charge in [-0.05, 0) is 62.2 Å². The van der Waals surface area contributed by atoms with Gasteiger partial charge in [-0.25, -0.2) is 8.93 Å². The summed E-state index contributed by atoms with van der Waals surface area (Å²) in [6.45, 7) is 9.46. The first-order chi connectivity index (χ1) is 9.55. The molecule has 4 nitrogen and oxygen atoms in total. The van der Waals surface area contributed by atoms with Crippen LogP contribution in [-0.2, 0) is 15.8 Å². The number of halogens is 1. The van der Waals surface area contributed by atoms with Crippen molar-refractivity contribution in [2.45, 2.75) is 45.4 Å². The third-order valence-electron chi connectivity index (χ3n) is 3.68. The third kappa shape index (κ3) is 3.07. The van der Waals surface area contributed by atoms with E-state index in [1.165, 1.54) is 0 Å². The van der Waals surface area contributed by atoms with E-state index in [4.69, 9.17) is 0 Å². The maximum absolute atomic E-state index is 12.5. The quantitative estimate of drug-likeness (QED) is 0.834. The van der Waals surface area contributed by atoms with Crippen LogP contribution in [0.25, 0.3) is 0 Å². The van der Waals surface area contributed by atoms with Crippen LogP contribution in [0.1, 0.15) is 46.2 Å². The van der Waals surface area contributed by atoms with Crippen LogP contribution in [0.2, 0.25) is 0 Å². The highest BCUT2D eigenvalue weighted by Gasteiger charge is 2.44. The number of carbonyl (C=O) groups excluding carboxylic acids is 1. The fraction of sp³-hybridized carbons (Fsp3) is 0.533. The minimum absolute atomic E-state index is 0.0784. The van der Waals surface area contributed by atoms with E-state index in [1.807, 2.05) is 52.8 Å². The van der Waals surface area contributed by atoms with Gasteiger partial charge in [-0.3, -0.25) is 4.79 Å². The van der Waals surface area contributed by atoms with E-state index in [0.29, 0.717) is 0 Å². The molecule has 1 aliphatic heterocycles. The van der Waals surface area contributed by atoms with Crippen LogP contribution in [0.3, 0.4) is 0 Å². The van der Waals surface area contributed by atoms with Gasteiger partial charge in [0.15, 0.2) is 0 Å². The number of anilines is 1. The Morgan fingerprint density at radius 3 is 2.52 bits per heavy atom. The molecule has 116 valence electrons. The Kier molecular flexibility index (Phi) is 4.35. The fourth-order valence-corrected chi connectivity index (χ4v) is 3.67. The average Bonchev–Trinajstić information content (AvgIpc) is 2.35. The van der Waals surface area contributed by atoms with Crippen molar-refractivity contribution in [1.82, 2.24) is 4.72 Å². The highest BCUT2D eigenvalue weighted by molar-refractivity contribution is 9.10. The molecular weight excluding hydrogens is 352 g/mol. The highest BCUT2D eigenvalue weighted by atomic mass is 79.9. The zero-order valence-corrected chi connectivity index (χ0v) is 15.3. The van der Waals surface area contributed by atoms with Gasteiger partial charge in [0.1, 0.15) is 0 Å². The number of rotatable bonds is 2. The van der Waals surface area contributed by atoms with Crippen molar-refractivity contribution in [2.75, 3.05) is 5.32 Å². The molecule has 1 heterocycles. The van der Waals surface area contributed by atoms with Crippen molar-refractivity contribution in [3.63, 3.8) is 0 Å². The zero-order valence-electron chi connectivity index (χ0n) is 12.9. The standard InChI is InChI=1S/C15H21BrN2O2S/c1-14(2,3)21(20)18-12-9-7-6-8-10(16)11(9)17-13(19)15(12,4)5/h6-8,12,18H,1-5H3,(H,17,19)/t12-,21?/m0/s1. The summed E-state index contributed by atoms with van der Waals surface area (Å²) in [6, 6.07) is 5.46. The number of benzene rings is 1. The predicted octanol–water partition coefficient (Wildman–Crippen LogP) is 3.52. The lowest BCUT2D eigenvalue weighted by molar-refractivity contribution is -0.125. The molecule has 2 atom stereocenters. The Bertz CT molecular complexity index is 608. The molecule has 1 aliphatic rings. The maximum atomic E-state index is 12.5. The Morgan fingerprint density at radius 1 is 1.33 bits per heavy atom. The SMILES string of the molecule is CC1(C)C(=O)Nc2c(Br)cccc2[C@@H]1NS(=O)C(C)(C)C. The summed E-state index contributed by atoms with van der Waals surface area (Å²) in [6.07, 6.45) is 0. The lowest BCUT2D eigenvalue weighted by Gasteiger charge is -2.40. The largest absolute Gasteiger partial charge is 0.324 e. The monoisotopic (exact) mass is 372 g/mol. The summed E-state index contributed by atoms with van der Waals surface area (Å²) >= 11 is 3.46. The normalized spacial score (nSPS) is 22.4. The van der Waals surface area contributed by atoms with Gasteiger partial charge in [0, 0.05) is 4.47 Å². The summed E-state index contributed by atoms with van der Waals surface area (Å²) in [5.41, 5.74) is 1.02. The van der Waals surface area contributed by atoms with E-state index in [0.717, 1.165) is 15.7 Å². The van der Waals surface area contributed by atoms with Crippen LogP contribution in [0.5, 0.6) is 0 Å². The van der Waals surface area contributed by atoms with E-state index < -0.39 is 21.1 Å². The number of fused-ring (bicyclic) bond motifs is 1. The van der Waals surface area contributed by atoms with Crippen LogP contribution >= 0.6 is 15.9 Å². The first-order valence-electron chi connectivity index (χ1n) is 6.83. The van der Waals surface area contributed by atoms with Crippen molar-refractivity contribution in [2.24, 2.45) is 5.41 Å².